The zero-order chi connectivity index (χ0) is 26.6. The van der Waals surface area contributed by atoms with Crippen LogP contribution in [0.25, 0.3) is 11.0 Å². The van der Waals surface area contributed by atoms with Crippen LogP contribution in [0.2, 0.25) is 5.02 Å². The van der Waals surface area contributed by atoms with Crippen LogP contribution in [0.3, 0.4) is 0 Å². The molecule has 2 heterocycles. The first-order valence-corrected chi connectivity index (χ1v) is 12.7. The van der Waals surface area contributed by atoms with Gasteiger partial charge in [0.05, 0.1) is 27.8 Å². The van der Waals surface area contributed by atoms with E-state index in [1.165, 1.54) is 6.92 Å². The Bertz CT molecular complexity index is 1510. The van der Waals surface area contributed by atoms with Crippen LogP contribution >= 0.6 is 11.6 Å². The minimum atomic E-state index is -0.362. The number of amides is 3. The first-order chi connectivity index (χ1) is 18.4. The van der Waals surface area contributed by atoms with Gasteiger partial charge < -0.3 is 15.5 Å². The molecule has 2 N–H and O–H groups in total. The molecule has 0 radical (unpaired) electrons. The number of benzene rings is 3. The van der Waals surface area contributed by atoms with Crippen molar-refractivity contribution in [3.8, 4) is 0 Å². The number of nitrogens with one attached hydrogen (secondary N) is 2. The Morgan fingerprint density at radius 1 is 0.895 bits per heavy atom. The van der Waals surface area contributed by atoms with Gasteiger partial charge in [-0.25, -0.2) is 4.98 Å². The van der Waals surface area contributed by atoms with Gasteiger partial charge >= 0.3 is 0 Å². The highest BCUT2D eigenvalue weighted by atomic mass is 35.5. The summed E-state index contributed by atoms with van der Waals surface area (Å²) in [5.74, 6) is -0.373. The molecule has 0 saturated carbocycles. The average Bonchev–Trinajstić information content (AvgIpc) is 2.93. The lowest BCUT2D eigenvalue weighted by molar-refractivity contribution is -0.114. The van der Waals surface area contributed by atoms with Crippen molar-refractivity contribution < 1.29 is 14.4 Å². The molecule has 1 aliphatic rings. The molecule has 0 aliphatic carbocycles. The standard InChI is InChI=1S/C29H26ClN5O3/c1-18(36)32-22-10-11-24(30)23(16-22)28(37)33-21-8-6-19(7-9-21)20-12-14-35(15-13-20)29(38)27-17-31-25-4-2-3-5-26(25)34-27/h2-11,16-17,20H,12-15H2,1H3,(H,32,36)(H,33,37). The van der Waals surface area contributed by atoms with Crippen molar-refractivity contribution in [1.29, 1.82) is 0 Å². The van der Waals surface area contributed by atoms with Gasteiger partial charge in [0.1, 0.15) is 5.69 Å². The summed E-state index contributed by atoms with van der Waals surface area (Å²) >= 11 is 6.21. The fourth-order valence-corrected chi connectivity index (χ4v) is 4.86. The highest BCUT2D eigenvalue weighted by Crippen LogP contribution is 2.30. The molecular formula is C29H26ClN5O3. The number of hydrogen-bond donors (Lipinski definition) is 2. The molecule has 0 spiro atoms. The van der Waals surface area contributed by atoms with Gasteiger partial charge in [-0.1, -0.05) is 35.9 Å². The van der Waals surface area contributed by atoms with E-state index in [0.29, 0.717) is 46.6 Å². The van der Waals surface area contributed by atoms with E-state index in [1.54, 1.807) is 24.4 Å². The van der Waals surface area contributed by atoms with Crippen LogP contribution in [0.5, 0.6) is 0 Å². The number of halogens is 1. The molecule has 8 nitrogen and oxygen atoms in total. The second-order valence-corrected chi connectivity index (χ2v) is 9.67. The van der Waals surface area contributed by atoms with E-state index >= 15 is 0 Å². The molecule has 5 rings (SSSR count). The summed E-state index contributed by atoms with van der Waals surface area (Å²) in [4.78, 5) is 47.8. The number of hydrogen-bond acceptors (Lipinski definition) is 5. The molecule has 4 aromatic rings. The monoisotopic (exact) mass is 527 g/mol. The normalized spacial score (nSPS) is 13.8. The highest BCUT2D eigenvalue weighted by molar-refractivity contribution is 6.34. The van der Waals surface area contributed by atoms with Gasteiger partial charge in [0.15, 0.2) is 0 Å². The Morgan fingerprint density at radius 2 is 1.58 bits per heavy atom. The Kier molecular flexibility index (Phi) is 7.33. The maximum Gasteiger partial charge on any atom is 0.274 e. The lowest BCUT2D eigenvalue weighted by Crippen LogP contribution is -2.38. The van der Waals surface area contributed by atoms with E-state index < -0.39 is 0 Å². The molecule has 0 atom stereocenters. The quantitative estimate of drug-likeness (QED) is 0.356. The number of para-hydroxylation sites is 2. The molecule has 192 valence electrons. The van der Waals surface area contributed by atoms with E-state index in [1.807, 2.05) is 53.4 Å². The summed E-state index contributed by atoms with van der Waals surface area (Å²) in [7, 11) is 0. The van der Waals surface area contributed by atoms with Gasteiger partial charge in [0.25, 0.3) is 11.8 Å². The Hall–Kier alpha value is -4.30. The van der Waals surface area contributed by atoms with Crippen LogP contribution in [-0.4, -0.2) is 45.7 Å². The number of likely N-dealkylation sites (tertiary alicyclic amines) is 1. The molecule has 0 bridgehead atoms. The van der Waals surface area contributed by atoms with E-state index in [-0.39, 0.29) is 23.3 Å². The van der Waals surface area contributed by atoms with Crippen LogP contribution in [0.4, 0.5) is 11.4 Å². The van der Waals surface area contributed by atoms with Crippen molar-refractivity contribution in [2.24, 2.45) is 0 Å². The van der Waals surface area contributed by atoms with E-state index in [9.17, 15) is 14.4 Å². The Labute approximate surface area is 225 Å². The first-order valence-electron chi connectivity index (χ1n) is 12.4. The number of anilines is 2. The number of carbonyl (C=O) groups excluding carboxylic acids is 3. The molecule has 3 aromatic carbocycles. The maximum absolute atomic E-state index is 13.0. The third-order valence-corrected chi connectivity index (χ3v) is 6.95. The average molecular weight is 528 g/mol. The Balaban J connectivity index is 1.19. The summed E-state index contributed by atoms with van der Waals surface area (Å²) < 4.78 is 0. The lowest BCUT2D eigenvalue weighted by Gasteiger charge is -2.32. The largest absolute Gasteiger partial charge is 0.337 e. The van der Waals surface area contributed by atoms with Gasteiger partial charge in [-0.05, 0) is 66.8 Å². The fourth-order valence-electron chi connectivity index (χ4n) is 4.66. The number of nitrogens with zero attached hydrogens (tertiary/aromatic N) is 3. The number of carbonyl (C=O) groups is 3. The Morgan fingerprint density at radius 3 is 2.29 bits per heavy atom. The van der Waals surface area contributed by atoms with Crippen molar-refractivity contribution in [3.05, 3.63) is 94.8 Å². The molecular weight excluding hydrogens is 502 g/mol. The predicted molar refractivity (Wildman–Crippen MR) is 148 cm³/mol. The van der Waals surface area contributed by atoms with Crippen molar-refractivity contribution >= 4 is 51.7 Å². The van der Waals surface area contributed by atoms with E-state index in [4.69, 9.17) is 11.6 Å². The van der Waals surface area contributed by atoms with Crippen LogP contribution in [0, 0.1) is 0 Å². The smallest absolute Gasteiger partial charge is 0.274 e. The molecule has 3 amide bonds. The third-order valence-electron chi connectivity index (χ3n) is 6.62. The van der Waals surface area contributed by atoms with Crippen molar-refractivity contribution in [1.82, 2.24) is 14.9 Å². The number of rotatable bonds is 5. The van der Waals surface area contributed by atoms with Crippen LogP contribution in [-0.2, 0) is 4.79 Å². The summed E-state index contributed by atoms with van der Waals surface area (Å²) in [5.41, 5.74) is 4.42. The van der Waals surface area contributed by atoms with Gasteiger partial charge in [0.2, 0.25) is 5.91 Å². The molecule has 1 aliphatic heterocycles. The SMILES string of the molecule is CC(=O)Nc1ccc(Cl)c(C(=O)Nc2ccc(C3CCN(C(=O)c4cnc5ccccc5n4)CC3)cc2)c1. The van der Waals surface area contributed by atoms with Crippen LogP contribution < -0.4 is 10.6 Å². The van der Waals surface area contributed by atoms with Crippen molar-refractivity contribution in [3.63, 3.8) is 0 Å². The van der Waals surface area contributed by atoms with Gasteiger partial charge in [0, 0.05) is 31.4 Å². The zero-order valence-electron chi connectivity index (χ0n) is 20.8. The molecule has 0 unspecified atom stereocenters. The molecule has 1 fully saturated rings. The van der Waals surface area contributed by atoms with Crippen molar-refractivity contribution in [2.45, 2.75) is 25.7 Å². The summed E-state index contributed by atoms with van der Waals surface area (Å²) in [5, 5.41) is 5.81. The number of aromatic nitrogens is 2. The van der Waals surface area contributed by atoms with Gasteiger partial charge in [-0.15, -0.1) is 0 Å². The molecule has 38 heavy (non-hydrogen) atoms. The molecule has 9 heteroatoms. The lowest BCUT2D eigenvalue weighted by atomic mass is 9.89. The minimum Gasteiger partial charge on any atom is -0.337 e. The van der Waals surface area contributed by atoms with Crippen molar-refractivity contribution in [2.75, 3.05) is 23.7 Å². The predicted octanol–water partition coefficient (Wildman–Crippen LogP) is 5.51. The molecule has 1 aromatic heterocycles. The van der Waals surface area contributed by atoms with E-state index in [0.717, 1.165) is 23.9 Å². The maximum atomic E-state index is 13.0. The number of fused-ring (bicyclic) bond motifs is 1. The summed E-state index contributed by atoms with van der Waals surface area (Å²) in [6.07, 6.45) is 3.22. The third kappa shape index (κ3) is 5.65. The second-order valence-electron chi connectivity index (χ2n) is 9.26. The fraction of sp³-hybridized carbons (Fsp3) is 0.207. The van der Waals surface area contributed by atoms with Crippen LogP contribution in [0.1, 0.15) is 52.1 Å². The van der Waals surface area contributed by atoms with Crippen LogP contribution in [0.15, 0.2) is 72.9 Å². The first kappa shape index (κ1) is 25.4. The second kappa shape index (κ2) is 11.0. The zero-order valence-corrected chi connectivity index (χ0v) is 21.5. The summed E-state index contributed by atoms with van der Waals surface area (Å²) in [6, 6.07) is 20.0. The minimum absolute atomic E-state index is 0.0963. The van der Waals surface area contributed by atoms with Gasteiger partial charge in [-0.2, -0.15) is 0 Å². The molecule has 1 saturated heterocycles. The van der Waals surface area contributed by atoms with E-state index in [2.05, 4.69) is 20.6 Å². The highest BCUT2D eigenvalue weighted by Gasteiger charge is 2.25. The topological polar surface area (TPSA) is 104 Å². The van der Waals surface area contributed by atoms with Gasteiger partial charge in [-0.3, -0.25) is 19.4 Å². The number of piperidine rings is 1. The summed E-state index contributed by atoms with van der Waals surface area (Å²) in [6.45, 7) is 2.68.